The van der Waals surface area contributed by atoms with E-state index in [1.165, 1.54) is 50.4 Å². The highest BCUT2D eigenvalue weighted by Gasteiger charge is 2.36. The third-order valence-electron chi connectivity index (χ3n) is 6.11. The lowest BCUT2D eigenvalue weighted by Gasteiger charge is -2.32. The van der Waals surface area contributed by atoms with Crippen molar-refractivity contribution in [3.8, 4) is 0 Å². The maximum Gasteiger partial charge on any atom is 0.417 e. The van der Waals surface area contributed by atoms with Gasteiger partial charge in [-0.2, -0.15) is 13.2 Å². The monoisotopic (exact) mass is 599 g/mol. The van der Waals surface area contributed by atoms with Gasteiger partial charge in [0.25, 0.3) is 10.0 Å². The van der Waals surface area contributed by atoms with Crippen LogP contribution in [0.1, 0.15) is 23.6 Å². The van der Waals surface area contributed by atoms with E-state index >= 15 is 0 Å². The number of anilines is 1. The van der Waals surface area contributed by atoms with Crippen LogP contribution in [0.3, 0.4) is 0 Å². The zero-order chi connectivity index (χ0) is 29.8. The molecule has 0 aliphatic heterocycles. The van der Waals surface area contributed by atoms with Crippen molar-refractivity contribution in [2.45, 2.75) is 37.5 Å². The summed E-state index contributed by atoms with van der Waals surface area (Å²) >= 11 is 5.75. The molecule has 0 aromatic heterocycles. The van der Waals surface area contributed by atoms with Crippen molar-refractivity contribution in [2.24, 2.45) is 0 Å². The average molecular weight is 600 g/mol. The summed E-state index contributed by atoms with van der Waals surface area (Å²) in [6.07, 6.45) is -4.90. The fraction of sp³-hybridized carbons (Fsp3) is 0.259. The Hall–Kier alpha value is -3.64. The van der Waals surface area contributed by atoms with E-state index in [-0.39, 0.29) is 11.4 Å². The first-order valence-corrected chi connectivity index (χ1v) is 13.7. The predicted molar refractivity (Wildman–Crippen MR) is 143 cm³/mol. The number of hydrogen-bond donors (Lipinski definition) is 1. The normalized spacial score (nSPS) is 12.5. The van der Waals surface area contributed by atoms with Crippen LogP contribution in [0, 0.1) is 12.7 Å². The molecule has 0 fully saturated rings. The molecule has 7 nitrogen and oxygen atoms in total. The number of halogens is 5. The maximum atomic E-state index is 13.7. The first-order valence-electron chi connectivity index (χ1n) is 11.9. The number of aryl methyl sites for hydroxylation is 1. The van der Waals surface area contributed by atoms with Gasteiger partial charge < -0.3 is 10.2 Å². The minimum atomic E-state index is -4.90. The average Bonchev–Trinajstić information content (AvgIpc) is 2.90. The van der Waals surface area contributed by atoms with Crippen LogP contribution < -0.4 is 9.62 Å². The van der Waals surface area contributed by atoms with Crippen molar-refractivity contribution in [1.82, 2.24) is 10.2 Å². The summed E-state index contributed by atoms with van der Waals surface area (Å²) in [7, 11) is -3.23. The largest absolute Gasteiger partial charge is 0.417 e. The molecule has 2 amide bonds. The molecule has 40 heavy (non-hydrogen) atoms. The molecule has 1 atom stereocenters. The van der Waals surface area contributed by atoms with Gasteiger partial charge in [-0.1, -0.05) is 41.4 Å². The van der Waals surface area contributed by atoms with E-state index < -0.39 is 62.7 Å². The van der Waals surface area contributed by atoms with E-state index in [2.05, 4.69) is 5.32 Å². The zero-order valence-corrected chi connectivity index (χ0v) is 23.2. The number of rotatable bonds is 9. The van der Waals surface area contributed by atoms with Crippen molar-refractivity contribution in [3.05, 3.63) is 94.3 Å². The van der Waals surface area contributed by atoms with Crippen LogP contribution in [0.4, 0.5) is 23.2 Å². The number of benzene rings is 3. The molecule has 0 radical (unpaired) electrons. The molecule has 0 heterocycles. The van der Waals surface area contributed by atoms with Crippen molar-refractivity contribution in [3.63, 3.8) is 0 Å². The lowest BCUT2D eigenvalue weighted by atomic mass is 10.1. The number of hydrogen-bond acceptors (Lipinski definition) is 4. The van der Waals surface area contributed by atoms with Gasteiger partial charge in [0.2, 0.25) is 11.8 Å². The topological polar surface area (TPSA) is 86.8 Å². The van der Waals surface area contributed by atoms with Crippen molar-refractivity contribution in [2.75, 3.05) is 17.9 Å². The lowest BCUT2D eigenvalue weighted by Crippen LogP contribution is -2.50. The Morgan fingerprint density at radius 1 is 1.00 bits per heavy atom. The Balaban J connectivity index is 2.12. The second-order valence-corrected chi connectivity index (χ2v) is 11.2. The fourth-order valence-electron chi connectivity index (χ4n) is 3.83. The molecule has 1 unspecified atom stereocenters. The van der Waals surface area contributed by atoms with E-state index in [1.807, 2.05) is 0 Å². The smallest absolute Gasteiger partial charge is 0.357 e. The summed E-state index contributed by atoms with van der Waals surface area (Å²) in [6, 6.07) is 12.0. The number of likely N-dealkylation sites (N-methyl/N-ethyl adjacent to an activating group) is 1. The first kappa shape index (κ1) is 30.9. The quantitative estimate of drug-likeness (QED) is 0.344. The molecule has 0 saturated heterocycles. The number of sulfonamides is 1. The van der Waals surface area contributed by atoms with Gasteiger partial charge in [0, 0.05) is 13.6 Å². The molecular formula is C27H26ClF4N3O4S. The molecule has 0 aliphatic rings. The van der Waals surface area contributed by atoms with Gasteiger partial charge in [0.05, 0.1) is 21.2 Å². The van der Waals surface area contributed by atoms with E-state index in [9.17, 15) is 35.6 Å². The Morgan fingerprint density at radius 2 is 1.60 bits per heavy atom. The minimum absolute atomic E-state index is 0.208. The van der Waals surface area contributed by atoms with Crippen molar-refractivity contribution in [1.29, 1.82) is 0 Å². The highest BCUT2D eigenvalue weighted by molar-refractivity contribution is 7.92. The van der Waals surface area contributed by atoms with Crippen LogP contribution >= 0.6 is 11.6 Å². The molecule has 0 bridgehead atoms. The molecule has 3 aromatic carbocycles. The van der Waals surface area contributed by atoms with Crippen LogP contribution in [0.5, 0.6) is 0 Å². The number of alkyl halides is 3. The highest BCUT2D eigenvalue weighted by atomic mass is 35.5. The fourth-order valence-corrected chi connectivity index (χ4v) is 5.46. The van der Waals surface area contributed by atoms with Gasteiger partial charge in [0.15, 0.2) is 0 Å². The van der Waals surface area contributed by atoms with Gasteiger partial charge in [0.1, 0.15) is 18.4 Å². The standard InChI is InChI=1S/C27H26ClF4N3O4S/c1-17-4-11-22(12-5-17)40(38,39)35(21-10-13-24(28)23(14-21)27(30,31)32)16-25(36)34(18(2)26(37)33-3)15-19-6-8-20(29)9-7-19/h4-14,18H,15-16H2,1-3H3,(H,33,37). The van der Waals surface area contributed by atoms with Crippen molar-refractivity contribution < 1.29 is 35.6 Å². The zero-order valence-electron chi connectivity index (χ0n) is 21.7. The van der Waals surface area contributed by atoms with Gasteiger partial charge >= 0.3 is 6.18 Å². The summed E-state index contributed by atoms with van der Waals surface area (Å²) in [4.78, 5) is 26.9. The number of nitrogens with one attached hydrogen (secondary N) is 1. The molecule has 0 aliphatic carbocycles. The predicted octanol–water partition coefficient (Wildman–Crippen LogP) is 5.16. The van der Waals surface area contributed by atoms with Crippen LogP contribution in [-0.2, 0) is 32.3 Å². The molecular weight excluding hydrogens is 574 g/mol. The molecule has 0 saturated carbocycles. The lowest BCUT2D eigenvalue weighted by molar-refractivity contribution is -0.139. The van der Waals surface area contributed by atoms with Crippen LogP contribution in [0.2, 0.25) is 5.02 Å². The maximum absolute atomic E-state index is 13.7. The molecule has 0 spiro atoms. The highest BCUT2D eigenvalue weighted by Crippen LogP contribution is 2.38. The first-order chi connectivity index (χ1) is 18.6. The Labute approximate surface area is 234 Å². The summed E-state index contributed by atoms with van der Waals surface area (Å²) in [5.41, 5.74) is -0.577. The van der Waals surface area contributed by atoms with Gasteiger partial charge in [-0.05, 0) is 61.9 Å². The molecule has 13 heteroatoms. The third-order valence-corrected chi connectivity index (χ3v) is 8.23. The summed E-state index contributed by atoms with van der Waals surface area (Å²) in [5.74, 6) is -1.99. The Kier molecular flexibility index (Phi) is 9.47. The van der Waals surface area contributed by atoms with E-state index in [4.69, 9.17) is 11.6 Å². The number of amides is 2. The SMILES string of the molecule is CNC(=O)C(C)N(Cc1ccc(F)cc1)C(=O)CN(c1ccc(Cl)c(C(F)(F)F)c1)S(=O)(=O)c1ccc(C)cc1. The summed E-state index contributed by atoms with van der Waals surface area (Å²) < 4.78 is 82.4. The van der Waals surface area contributed by atoms with Gasteiger partial charge in [-0.3, -0.25) is 13.9 Å². The number of carbonyl (C=O) groups excluding carboxylic acids is 2. The van der Waals surface area contributed by atoms with E-state index in [0.717, 1.165) is 34.7 Å². The van der Waals surface area contributed by atoms with Crippen LogP contribution in [-0.4, -0.2) is 44.8 Å². The minimum Gasteiger partial charge on any atom is -0.357 e. The molecule has 3 aromatic rings. The second-order valence-electron chi connectivity index (χ2n) is 8.92. The second kappa shape index (κ2) is 12.3. The van der Waals surface area contributed by atoms with Gasteiger partial charge in [-0.25, -0.2) is 12.8 Å². The molecule has 1 N–H and O–H groups in total. The molecule has 3 rings (SSSR count). The van der Waals surface area contributed by atoms with E-state index in [1.54, 1.807) is 6.92 Å². The Bertz CT molecular complexity index is 1480. The van der Waals surface area contributed by atoms with Gasteiger partial charge in [-0.15, -0.1) is 0 Å². The van der Waals surface area contributed by atoms with E-state index in [0.29, 0.717) is 15.9 Å². The Morgan fingerprint density at radius 3 is 2.15 bits per heavy atom. The third kappa shape index (κ3) is 7.11. The summed E-state index contributed by atoms with van der Waals surface area (Å²) in [5, 5.41) is 1.76. The van der Waals surface area contributed by atoms with Crippen molar-refractivity contribution >= 4 is 39.1 Å². The number of carbonyl (C=O) groups is 2. The molecule has 214 valence electrons. The number of nitrogens with zero attached hydrogens (tertiary/aromatic N) is 2. The van der Waals surface area contributed by atoms with Crippen LogP contribution in [0.25, 0.3) is 0 Å². The summed E-state index contributed by atoms with van der Waals surface area (Å²) in [6.45, 7) is 1.97. The van der Waals surface area contributed by atoms with Crippen LogP contribution in [0.15, 0.2) is 71.6 Å².